The molecule has 2 N–H and O–H groups in total. The molecule has 0 unspecified atom stereocenters. The van der Waals surface area contributed by atoms with Gasteiger partial charge in [-0.2, -0.15) is 5.26 Å². The predicted octanol–water partition coefficient (Wildman–Crippen LogP) is 2.28. The largest absolute Gasteiger partial charge is 0.459 e. The lowest BCUT2D eigenvalue weighted by molar-refractivity contribution is 0.0950. The SMILES string of the molecule is N#Cc1ccccc1NC(=S)NC(=O)c1ccco1. The van der Waals surface area contributed by atoms with E-state index in [-0.39, 0.29) is 10.9 Å². The molecule has 0 radical (unpaired) electrons. The zero-order chi connectivity index (χ0) is 13.7. The van der Waals surface area contributed by atoms with Crippen molar-refractivity contribution in [3.8, 4) is 6.07 Å². The van der Waals surface area contributed by atoms with Crippen molar-refractivity contribution < 1.29 is 9.21 Å². The summed E-state index contributed by atoms with van der Waals surface area (Å²) in [5.41, 5.74) is 0.979. The number of thiocarbonyl (C=S) groups is 1. The maximum absolute atomic E-state index is 11.7. The summed E-state index contributed by atoms with van der Waals surface area (Å²) in [7, 11) is 0. The molecule has 19 heavy (non-hydrogen) atoms. The van der Waals surface area contributed by atoms with Gasteiger partial charge in [0.2, 0.25) is 0 Å². The molecule has 0 saturated heterocycles. The average Bonchev–Trinajstić information content (AvgIpc) is 2.93. The fourth-order valence-electron chi connectivity index (χ4n) is 1.42. The number of nitrogens with one attached hydrogen (secondary N) is 2. The van der Waals surface area contributed by atoms with Crippen molar-refractivity contribution >= 4 is 28.9 Å². The van der Waals surface area contributed by atoms with Gasteiger partial charge in [0.05, 0.1) is 17.5 Å². The molecule has 0 spiro atoms. The summed E-state index contributed by atoms with van der Waals surface area (Å²) in [5, 5.41) is 14.3. The first-order chi connectivity index (χ1) is 9.20. The number of hydrogen-bond donors (Lipinski definition) is 2. The van der Waals surface area contributed by atoms with Crippen LogP contribution in [0.15, 0.2) is 47.1 Å². The summed E-state index contributed by atoms with van der Waals surface area (Å²) in [6.07, 6.45) is 1.40. The Labute approximate surface area is 114 Å². The van der Waals surface area contributed by atoms with Crippen molar-refractivity contribution in [3.05, 3.63) is 54.0 Å². The molecule has 0 bridgehead atoms. The van der Waals surface area contributed by atoms with Crippen molar-refractivity contribution in [2.24, 2.45) is 0 Å². The third-order valence-electron chi connectivity index (χ3n) is 2.27. The Hall–Kier alpha value is -2.65. The number of carbonyl (C=O) groups excluding carboxylic acids is 1. The molecule has 2 aromatic rings. The Morgan fingerprint density at radius 2 is 2.05 bits per heavy atom. The molecule has 0 aliphatic carbocycles. The van der Waals surface area contributed by atoms with Gasteiger partial charge in [0.1, 0.15) is 6.07 Å². The second kappa shape index (κ2) is 5.80. The Balaban J connectivity index is 2.02. The first-order valence-electron chi connectivity index (χ1n) is 5.35. The number of hydrogen-bond acceptors (Lipinski definition) is 4. The standard InChI is InChI=1S/C13H9N3O2S/c14-8-9-4-1-2-5-10(9)15-13(19)16-12(17)11-6-3-7-18-11/h1-7H,(H2,15,16,17,19). The molecule has 5 nitrogen and oxygen atoms in total. The van der Waals surface area contributed by atoms with Crippen molar-refractivity contribution in [2.75, 3.05) is 5.32 Å². The van der Waals surface area contributed by atoms with Crippen LogP contribution in [0, 0.1) is 11.3 Å². The normalized spacial score (nSPS) is 9.42. The van der Waals surface area contributed by atoms with Crippen LogP contribution in [0.3, 0.4) is 0 Å². The van der Waals surface area contributed by atoms with E-state index >= 15 is 0 Å². The average molecular weight is 271 g/mol. The van der Waals surface area contributed by atoms with Crippen LogP contribution in [0.25, 0.3) is 0 Å². The fourth-order valence-corrected chi connectivity index (χ4v) is 1.62. The molecule has 0 atom stereocenters. The Kier molecular flexibility index (Phi) is 3.90. The molecular formula is C13H9N3O2S. The molecular weight excluding hydrogens is 262 g/mol. The quantitative estimate of drug-likeness (QED) is 0.819. The van der Waals surface area contributed by atoms with Crippen LogP contribution < -0.4 is 10.6 Å². The minimum atomic E-state index is -0.447. The fraction of sp³-hybridized carbons (Fsp3) is 0. The van der Waals surface area contributed by atoms with E-state index in [1.807, 2.05) is 6.07 Å². The van der Waals surface area contributed by atoms with Crippen molar-refractivity contribution in [1.29, 1.82) is 5.26 Å². The summed E-state index contributed by atoms with van der Waals surface area (Å²) in [6.45, 7) is 0. The van der Waals surface area contributed by atoms with Crippen LogP contribution in [0.1, 0.15) is 16.1 Å². The highest BCUT2D eigenvalue weighted by molar-refractivity contribution is 7.80. The van der Waals surface area contributed by atoms with E-state index < -0.39 is 5.91 Å². The van der Waals surface area contributed by atoms with Crippen LogP contribution in [0.2, 0.25) is 0 Å². The van der Waals surface area contributed by atoms with Gasteiger partial charge in [0, 0.05) is 0 Å². The van der Waals surface area contributed by atoms with Gasteiger partial charge in [-0.15, -0.1) is 0 Å². The molecule has 0 aliphatic rings. The molecule has 2 rings (SSSR count). The Bertz CT molecular complexity index is 644. The zero-order valence-corrected chi connectivity index (χ0v) is 10.5. The highest BCUT2D eigenvalue weighted by atomic mass is 32.1. The van der Waals surface area contributed by atoms with Crippen molar-refractivity contribution in [3.63, 3.8) is 0 Å². The molecule has 1 aromatic carbocycles. The van der Waals surface area contributed by atoms with Crippen LogP contribution in [-0.2, 0) is 0 Å². The lowest BCUT2D eigenvalue weighted by atomic mass is 10.2. The number of amides is 1. The monoisotopic (exact) mass is 271 g/mol. The highest BCUT2D eigenvalue weighted by Crippen LogP contribution is 2.13. The molecule has 0 aliphatic heterocycles. The van der Waals surface area contributed by atoms with E-state index in [0.29, 0.717) is 11.3 Å². The summed E-state index contributed by atoms with van der Waals surface area (Å²) in [4.78, 5) is 11.7. The predicted molar refractivity (Wildman–Crippen MR) is 73.6 cm³/mol. The number of furan rings is 1. The van der Waals surface area contributed by atoms with E-state index in [0.717, 1.165) is 0 Å². The van der Waals surface area contributed by atoms with E-state index in [1.165, 1.54) is 12.3 Å². The minimum Gasteiger partial charge on any atom is -0.459 e. The molecule has 0 saturated carbocycles. The van der Waals surface area contributed by atoms with E-state index in [1.54, 1.807) is 30.3 Å². The third kappa shape index (κ3) is 3.18. The summed E-state index contributed by atoms with van der Waals surface area (Å²) >= 11 is 5.00. The number of benzene rings is 1. The van der Waals surface area contributed by atoms with E-state index in [4.69, 9.17) is 21.9 Å². The second-order valence-corrected chi connectivity index (χ2v) is 3.95. The summed E-state index contributed by atoms with van der Waals surface area (Å²) in [6, 6.07) is 12.0. The lowest BCUT2D eigenvalue weighted by Crippen LogP contribution is -2.34. The molecule has 94 valence electrons. The van der Waals surface area contributed by atoms with E-state index in [2.05, 4.69) is 10.6 Å². The van der Waals surface area contributed by atoms with Gasteiger partial charge in [-0.05, 0) is 36.5 Å². The van der Waals surface area contributed by atoms with Gasteiger partial charge in [-0.1, -0.05) is 12.1 Å². The van der Waals surface area contributed by atoms with Gasteiger partial charge < -0.3 is 9.73 Å². The Morgan fingerprint density at radius 3 is 2.74 bits per heavy atom. The number of anilines is 1. The third-order valence-corrected chi connectivity index (χ3v) is 2.47. The molecule has 0 fully saturated rings. The van der Waals surface area contributed by atoms with E-state index in [9.17, 15) is 4.79 Å². The van der Waals surface area contributed by atoms with Crippen LogP contribution in [0.4, 0.5) is 5.69 Å². The molecule has 1 aromatic heterocycles. The Morgan fingerprint density at radius 1 is 1.26 bits per heavy atom. The number of nitriles is 1. The number of para-hydroxylation sites is 1. The first-order valence-corrected chi connectivity index (χ1v) is 5.76. The smallest absolute Gasteiger partial charge is 0.293 e. The maximum Gasteiger partial charge on any atom is 0.293 e. The maximum atomic E-state index is 11.7. The van der Waals surface area contributed by atoms with Crippen LogP contribution in [0.5, 0.6) is 0 Å². The van der Waals surface area contributed by atoms with Crippen molar-refractivity contribution in [1.82, 2.24) is 5.32 Å². The lowest BCUT2D eigenvalue weighted by Gasteiger charge is -2.09. The minimum absolute atomic E-state index is 0.101. The van der Waals surface area contributed by atoms with Crippen LogP contribution >= 0.6 is 12.2 Å². The number of rotatable bonds is 2. The summed E-state index contributed by atoms with van der Waals surface area (Å²) < 4.78 is 4.94. The van der Waals surface area contributed by atoms with Gasteiger partial charge >= 0.3 is 0 Å². The second-order valence-electron chi connectivity index (χ2n) is 3.54. The molecule has 6 heteroatoms. The first kappa shape index (κ1) is 12.8. The number of carbonyl (C=O) groups is 1. The molecule has 1 heterocycles. The van der Waals surface area contributed by atoms with Gasteiger partial charge in [0.25, 0.3) is 5.91 Å². The van der Waals surface area contributed by atoms with Crippen LogP contribution in [-0.4, -0.2) is 11.0 Å². The highest BCUT2D eigenvalue weighted by Gasteiger charge is 2.11. The van der Waals surface area contributed by atoms with Gasteiger partial charge in [-0.25, -0.2) is 0 Å². The topological polar surface area (TPSA) is 78.1 Å². The molecule has 1 amide bonds. The van der Waals surface area contributed by atoms with Gasteiger partial charge in [0.15, 0.2) is 10.9 Å². The van der Waals surface area contributed by atoms with Gasteiger partial charge in [-0.3, -0.25) is 10.1 Å². The number of nitrogens with zero attached hydrogens (tertiary/aromatic N) is 1. The van der Waals surface area contributed by atoms with Crippen molar-refractivity contribution in [2.45, 2.75) is 0 Å². The zero-order valence-electron chi connectivity index (χ0n) is 9.71. The summed E-state index contributed by atoms with van der Waals surface area (Å²) in [5.74, 6) is -0.283.